The number of ether oxygens (including phenoxy) is 2. The zero-order chi connectivity index (χ0) is 17.4. The van der Waals surface area contributed by atoms with Crippen molar-refractivity contribution in [3.63, 3.8) is 0 Å². The molecule has 17 heavy (non-hydrogen) atoms. The van der Waals surface area contributed by atoms with E-state index in [0.29, 0.717) is 0 Å². The number of rotatable bonds is 0. The van der Waals surface area contributed by atoms with Crippen LogP contribution < -0.4 is 0 Å². The van der Waals surface area contributed by atoms with Gasteiger partial charge in [0.1, 0.15) is 0 Å². The van der Waals surface area contributed by atoms with Gasteiger partial charge in [0.25, 0.3) is 0 Å². The van der Waals surface area contributed by atoms with Gasteiger partial charge in [0.15, 0.2) is 12.9 Å². The van der Waals surface area contributed by atoms with Crippen LogP contribution in [0.15, 0.2) is 0 Å². The molecular weight excluding hydrogens is 237 g/mol. The molecule has 1 aromatic rings. The van der Waals surface area contributed by atoms with Crippen LogP contribution in [0.5, 0.6) is 0 Å². The Hall–Kier alpha value is -1.08. The highest BCUT2D eigenvalue weighted by molar-refractivity contribution is 5.31. The lowest BCUT2D eigenvalue weighted by atomic mass is 9.90. The van der Waals surface area contributed by atoms with Crippen molar-refractivity contribution >= 4 is 0 Å². The zero-order valence-corrected chi connectivity index (χ0v) is 8.34. The number of hydrogen-bond donors (Lipinski definition) is 1. The van der Waals surface area contributed by atoms with E-state index in [2.05, 4.69) is 5.10 Å². The molecule has 1 N–H and O–H groups in total. The Labute approximate surface area is 104 Å². The third kappa shape index (κ3) is 1.73. The van der Waals surface area contributed by atoms with Gasteiger partial charge in [-0.05, 0) is 6.42 Å². The molecule has 1 unspecified atom stereocenters. The molecule has 1 aromatic heterocycles. The van der Waals surface area contributed by atoms with Gasteiger partial charge >= 0.3 is 6.18 Å². The second-order valence-corrected chi connectivity index (χ2v) is 3.77. The van der Waals surface area contributed by atoms with Crippen molar-refractivity contribution in [1.82, 2.24) is 10.2 Å². The molecule has 1 aliphatic carbocycles. The van der Waals surface area contributed by atoms with E-state index >= 15 is 0 Å². The highest BCUT2D eigenvalue weighted by Crippen LogP contribution is 2.40. The predicted molar refractivity (Wildman–Crippen MR) is 50.2 cm³/mol. The summed E-state index contributed by atoms with van der Waals surface area (Å²) in [4.78, 5) is 0. The summed E-state index contributed by atoms with van der Waals surface area (Å²) in [6, 6.07) is 0. The molecule has 94 valence electrons. The van der Waals surface area contributed by atoms with Gasteiger partial charge in [-0.15, -0.1) is 0 Å². The topological polar surface area (TPSA) is 47.1 Å². The molecule has 4 nitrogen and oxygen atoms in total. The number of H-pyrrole nitrogens is 1. The van der Waals surface area contributed by atoms with E-state index in [0.717, 1.165) is 0 Å². The van der Waals surface area contributed by atoms with Crippen molar-refractivity contribution in [2.45, 2.75) is 31.2 Å². The Balaban J connectivity index is 2.10. The van der Waals surface area contributed by atoms with Crippen molar-refractivity contribution in [3.05, 3.63) is 17.0 Å². The molecule has 1 spiro atoms. The lowest BCUT2D eigenvalue weighted by molar-refractivity contribution is -0.167. The van der Waals surface area contributed by atoms with Gasteiger partial charge in [-0.3, -0.25) is 5.09 Å². The minimum Gasteiger partial charge on any atom is -0.347 e. The normalized spacial score (nSPS) is 38.4. The summed E-state index contributed by atoms with van der Waals surface area (Å²) in [5, 5.41) is 3.36. The van der Waals surface area contributed by atoms with Gasteiger partial charge in [0, 0.05) is 25.4 Å². The summed E-state index contributed by atoms with van der Waals surface area (Å²) in [6.07, 6.45) is -7.27. The average Bonchev–Trinajstić information content (AvgIpc) is 2.78. The van der Waals surface area contributed by atoms with Gasteiger partial charge in [-0.2, -0.15) is 18.3 Å². The average molecular weight is 254 g/mol. The lowest BCUT2D eigenvalue weighted by Crippen LogP contribution is -2.37. The van der Waals surface area contributed by atoms with E-state index < -0.39 is 42.7 Å². The van der Waals surface area contributed by atoms with Gasteiger partial charge in [0.05, 0.1) is 18.6 Å². The maximum Gasteiger partial charge on any atom is 0.435 e. The summed E-state index contributed by atoms with van der Waals surface area (Å²) in [5.41, 5.74) is -2.24. The van der Waals surface area contributed by atoms with Crippen LogP contribution in [-0.4, -0.2) is 29.1 Å². The Kier molecular flexibility index (Phi) is 1.26. The first-order valence-electron chi connectivity index (χ1n) is 7.84. The summed E-state index contributed by atoms with van der Waals surface area (Å²) in [7, 11) is 0. The zero-order valence-electron chi connectivity index (χ0n) is 14.3. The van der Waals surface area contributed by atoms with E-state index in [-0.39, 0.29) is 23.6 Å². The Morgan fingerprint density at radius 3 is 2.76 bits per heavy atom. The molecule has 2 heterocycles. The second kappa shape index (κ2) is 3.46. The molecule has 0 amide bonds. The van der Waals surface area contributed by atoms with E-state index in [9.17, 15) is 13.2 Å². The third-order valence-electron chi connectivity index (χ3n) is 2.67. The van der Waals surface area contributed by atoms with Crippen LogP contribution in [0.4, 0.5) is 13.2 Å². The Morgan fingerprint density at radius 2 is 2.12 bits per heavy atom. The van der Waals surface area contributed by atoms with Crippen LogP contribution in [0.3, 0.4) is 0 Å². The monoisotopic (exact) mass is 254 g/mol. The second-order valence-electron chi connectivity index (χ2n) is 3.77. The Morgan fingerprint density at radius 1 is 1.41 bits per heavy atom. The van der Waals surface area contributed by atoms with Crippen molar-refractivity contribution < 1.29 is 30.9 Å². The molecule has 0 radical (unpaired) electrons. The maximum absolute atomic E-state index is 13.1. The fraction of sp³-hybridized carbons (Fsp3) is 0.700. The summed E-state index contributed by atoms with van der Waals surface area (Å²) < 4.78 is 94.5. The van der Waals surface area contributed by atoms with Crippen molar-refractivity contribution in [1.29, 1.82) is 0 Å². The van der Waals surface area contributed by atoms with Gasteiger partial charge in [-0.25, -0.2) is 0 Å². The summed E-state index contributed by atoms with van der Waals surface area (Å²) in [5.74, 6) is -2.21. The minimum absolute atomic E-state index is 0.150. The number of aromatic nitrogens is 2. The predicted octanol–water partition coefficient (Wildman–Crippen LogP) is 1.66. The molecule has 1 saturated heterocycles. The van der Waals surface area contributed by atoms with Crippen molar-refractivity contribution in [2.24, 2.45) is 0 Å². The van der Waals surface area contributed by atoms with Gasteiger partial charge in [0.2, 0.25) is 0 Å². The molecule has 1 atom stereocenters. The highest BCUT2D eigenvalue weighted by Gasteiger charge is 2.46. The first-order valence-corrected chi connectivity index (χ1v) is 4.82. The quantitative estimate of drug-likeness (QED) is 0.766. The van der Waals surface area contributed by atoms with Gasteiger partial charge < -0.3 is 9.47 Å². The van der Waals surface area contributed by atoms with Crippen LogP contribution in [0.1, 0.15) is 30.2 Å². The standard InChI is InChI=1S/C10H11F3N2O2/c11-10(12,13)8-6-5-9(16-3-4-17-9)2-1-7(6)14-15-8/h1-5H2,(H,14,15)/i3D2,4D2,5D/hD. The Bertz CT molecular complexity index is 646. The van der Waals surface area contributed by atoms with Crippen LogP contribution >= 0.6 is 0 Å². The third-order valence-corrected chi connectivity index (χ3v) is 2.67. The smallest absolute Gasteiger partial charge is 0.347 e. The van der Waals surface area contributed by atoms with Crippen LogP contribution in [-0.2, 0) is 28.5 Å². The van der Waals surface area contributed by atoms with Crippen LogP contribution in [0.2, 0.25) is 1.41 Å². The van der Waals surface area contributed by atoms with Crippen LogP contribution in [0.25, 0.3) is 0 Å². The lowest BCUT2D eigenvalue weighted by Gasteiger charge is -2.31. The summed E-state index contributed by atoms with van der Waals surface area (Å²) in [6.45, 7) is -5.84. The van der Waals surface area contributed by atoms with Crippen molar-refractivity contribution in [3.8, 4) is 0 Å². The van der Waals surface area contributed by atoms with E-state index in [1.54, 1.807) is 0 Å². The number of aromatic amines is 1. The van der Waals surface area contributed by atoms with E-state index in [1.165, 1.54) is 0 Å². The number of fused-ring (bicyclic) bond motifs is 1. The minimum atomic E-state index is -4.91. The number of nitrogens with one attached hydrogen (secondary N) is 1. The van der Waals surface area contributed by atoms with E-state index in [4.69, 9.17) is 17.7 Å². The summed E-state index contributed by atoms with van der Waals surface area (Å²) >= 11 is 0. The fourth-order valence-electron chi connectivity index (χ4n) is 1.88. The molecule has 0 aromatic carbocycles. The number of halogens is 3. The number of nitrogens with zero attached hydrogens (tertiary/aromatic N) is 1. The molecule has 0 bridgehead atoms. The first-order chi connectivity index (χ1) is 10.3. The van der Waals surface area contributed by atoms with E-state index in [1.807, 2.05) is 0 Å². The highest BCUT2D eigenvalue weighted by atomic mass is 19.4. The first kappa shape index (κ1) is 6.19. The molecule has 1 fully saturated rings. The fourth-order valence-corrected chi connectivity index (χ4v) is 1.88. The van der Waals surface area contributed by atoms with Gasteiger partial charge in [-0.1, -0.05) is 0 Å². The molecule has 2 aliphatic rings. The molecule has 1 aliphatic heterocycles. The van der Waals surface area contributed by atoms with Crippen LogP contribution in [0, 0.1) is 0 Å². The molecular formula is C10H11F3N2O2. The largest absolute Gasteiger partial charge is 0.435 e. The molecule has 0 saturated carbocycles. The molecule has 3 rings (SSSR count). The number of hydrogen-bond acceptors (Lipinski definition) is 3. The number of alkyl halides is 3. The maximum atomic E-state index is 13.1. The van der Waals surface area contributed by atoms with Crippen molar-refractivity contribution in [2.75, 3.05) is 13.1 Å². The SMILES string of the molecule is [2H]C1c2c(C(F)(F)F)nn([2H])c2CCC12OC([2H])([2H])C([2H])([2H])O2. The molecule has 7 heteroatoms.